The third-order valence-corrected chi connectivity index (χ3v) is 5.84. The highest BCUT2D eigenvalue weighted by Gasteiger charge is 2.30. The van der Waals surface area contributed by atoms with Crippen LogP contribution in [0.2, 0.25) is 0 Å². The largest absolute Gasteiger partial charge is 0.330 e. The fourth-order valence-electron chi connectivity index (χ4n) is 2.76. The van der Waals surface area contributed by atoms with Crippen molar-refractivity contribution >= 4 is 22.4 Å². The van der Waals surface area contributed by atoms with Crippen molar-refractivity contribution in [2.24, 2.45) is 11.7 Å². The molecule has 2 rings (SSSR count). The van der Waals surface area contributed by atoms with Crippen LogP contribution < -0.4 is 5.73 Å². The molecule has 1 fully saturated rings. The summed E-state index contributed by atoms with van der Waals surface area (Å²) in [6.45, 7) is 3.24. The summed E-state index contributed by atoms with van der Waals surface area (Å²) in [6, 6.07) is 3.81. The van der Waals surface area contributed by atoms with Gasteiger partial charge in [-0.05, 0) is 62.4 Å². The van der Waals surface area contributed by atoms with Crippen molar-refractivity contribution in [3.05, 3.63) is 29.6 Å². The van der Waals surface area contributed by atoms with E-state index in [9.17, 15) is 12.8 Å². The van der Waals surface area contributed by atoms with Crippen LogP contribution in [0.25, 0.3) is 0 Å². The predicted molar refractivity (Wildman–Crippen MR) is 83.5 cm³/mol. The number of benzene rings is 1. The molecule has 1 unspecified atom stereocenters. The minimum atomic E-state index is -3.53. The topological polar surface area (TPSA) is 63.4 Å². The fraction of sp³-hybridized carbons (Fsp3) is 0.571. The van der Waals surface area contributed by atoms with Gasteiger partial charge in [0, 0.05) is 13.1 Å². The molecule has 1 atom stereocenters. The lowest BCUT2D eigenvalue weighted by Gasteiger charge is -2.32. The zero-order valence-corrected chi connectivity index (χ0v) is 13.7. The van der Waals surface area contributed by atoms with E-state index in [1.807, 2.05) is 0 Å². The first-order valence-electron chi connectivity index (χ1n) is 6.91. The molecule has 1 aliphatic heterocycles. The molecule has 0 radical (unpaired) electrons. The van der Waals surface area contributed by atoms with Crippen LogP contribution in [0.15, 0.2) is 23.1 Å². The van der Waals surface area contributed by atoms with Crippen LogP contribution in [0, 0.1) is 18.7 Å². The van der Waals surface area contributed by atoms with Gasteiger partial charge in [0.2, 0.25) is 10.0 Å². The summed E-state index contributed by atoms with van der Waals surface area (Å²) < 4.78 is 39.9. The van der Waals surface area contributed by atoms with E-state index in [1.165, 1.54) is 22.5 Å². The van der Waals surface area contributed by atoms with Gasteiger partial charge in [-0.15, -0.1) is 12.4 Å². The molecule has 120 valence electrons. The average Bonchev–Trinajstić information content (AvgIpc) is 2.39. The van der Waals surface area contributed by atoms with Gasteiger partial charge >= 0.3 is 0 Å². The summed E-state index contributed by atoms with van der Waals surface area (Å²) >= 11 is 0. The highest BCUT2D eigenvalue weighted by Crippen LogP contribution is 2.27. The van der Waals surface area contributed by atoms with Gasteiger partial charge in [0.1, 0.15) is 5.82 Å². The number of piperidine rings is 1. The van der Waals surface area contributed by atoms with Gasteiger partial charge in [-0.2, -0.15) is 4.31 Å². The van der Waals surface area contributed by atoms with Crippen LogP contribution in [-0.2, 0) is 10.0 Å². The molecule has 7 heteroatoms. The molecule has 0 saturated carbocycles. The molecule has 0 spiro atoms. The SMILES string of the molecule is Cc1cc(F)ccc1S(=O)(=O)N1CCCC(CCN)C1.Cl. The van der Waals surface area contributed by atoms with Crippen molar-refractivity contribution < 1.29 is 12.8 Å². The number of aryl methyl sites for hydroxylation is 1. The van der Waals surface area contributed by atoms with Gasteiger partial charge in [0.05, 0.1) is 4.90 Å². The Kier molecular flexibility index (Phi) is 6.59. The Morgan fingerprint density at radius 1 is 1.43 bits per heavy atom. The highest BCUT2D eigenvalue weighted by molar-refractivity contribution is 7.89. The van der Waals surface area contributed by atoms with E-state index >= 15 is 0 Å². The molecule has 4 nitrogen and oxygen atoms in total. The Labute approximate surface area is 132 Å². The Hall–Kier alpha value is -0.690. The van der Waals surface area contributed by atoms with Gasteiger partial charge < -0.3 is 5.73 Å². The maximum absolute atomic E-state index is 13.1. The molecule has 1 aromatic carbocycles. The lowest BCUT2D eigenvalue weighted by Crippen LogP contribution is -2.40. The number of hydrogen-bond acceptors (Lipinski definition) is 3. The maximum Gasteiger partial charge on any atom is 0.243 e. The predicted octanol–water partition coefficient (Wildman–Crippen LogP) is 2.31. The van der Waals surface area contributed by atoms with Crippen molar-refractivity contribution in [3.8, 4) is 0 Å². The molecule has 0 amide bonds. The second-order valence-electron chi connectivity index (χ2n) is 5.36. The first kappa shape index (κ1) is 18.4. The lowest BCUT2D eigenvalue weighted by atomic mass is 9.96. The summed E-state index contributed by atoms with van der Waals surface area (Å²) in [5.41, 5.74) is 6.01. The van der Waals surface area contributed by atoms with Crippen LogP contribution in [-0.4, -0.2) is 32.4 Å². The van der Waals surface area contributed by atoms with Gasteiger partial charge in [-0.25, -0.2) is 12.8 Å². The monoisotopic (exact) mass is 336 g/mol. The number of halogens is 2. The maximum atomic E-state index is 13.1. The van der Waals surface area contributed by atoms with Crippen molar-refractivity contribution in [2.75, 3.05) is 19.6 Å². The van der Waals surface area contributed by atoms with Crippen molar-refractivity contribution in [1.82, 2.24) is 4.31 Å². The molecule has 1 aliphatic rings. The number of nitrogens with two attached hydrogens (primary N) is 1. The summed E-state index contributed by atoms with van der Waals surface area (Å²) in [5.74, 6) is -0.0922. The molecule has 0 aliphatic carbocycles. The number of rotatable bonds is 4. The van der Waals surface area contributed by atoms with Crippen LogP contribution >= 0.6 is 12.4 Å². The smallest absolute Gasteiger partial charge is 0.243 e. The standard InChI is InChI=1S/C14H21FN2O2S.ClH/c1-11-9-13(15)4-5-14(11)20(18,19)17-8-2-3-12(10-17)6-7-16;/h4-5,9,12H,2-3,6-8,10,16H2,1H3;1H. The molecule has 0 bridgehead atoms. The molecular formula is C14H22ClFN2O2S. The zero-order valence-electron chi connectivity index (χ0n) is 12.1. The number of sulfonamides is 1. The number of hydrogen-bond donors (Lipinski definition) is 1. The normalized spacial score (nSPS) is 20.0. The first-order chi connectivity index (χ1) is 9.45. The zero-order chi connectivity index (χ0) is 14.8. The fourth-order valence-corrected chi connectivity index (χ4v) is 4.52. The third kappa shape index (κ3) is 4.16. The molecule has 2 N–H and O–H groups in total. The minimum absolute atomic E-state index is 0. The Bertz CT molecular complexity index is 578. The van der Waals surface area contributed by atoms with Crippen LogP contribution in [0.5, 0.6) is 0 Å². The van der Waals surface area contributed by atoms with E-state index in [4.69, 9.17) is 5.73 Å². The molecule has 1 aromatic rings. The summed E-state index contributed by atoms with van der Waals surface area (Å²) in [6.07, 6.45) is 2.71. The van der Waals surface area contributed by atoms with E-state index in [0.717, 1.165) is 19.3 Å². The van der Waals surface area contributed by atoms with Gasteiger partial charge in [-0.1, -0.05) is 0 Å². The van der Waals surface area contributed by atoms with E-state index in [2.05, 4.69) is 0 Å². The Morgan fingerprint density at radius 2 is 2.14 bits per heavy atom. The molecule has 21 heavy (non-hydrogen) atoms. The Morgan fingerprint density at radius 3 is 2.76 bits per heavy atom. The van der Waals surface area contributed by atoms with E-state index in [-0.39, 0.29) is 17.3 Å². The second-order valence-corrected chi connectivity index (χ2v) is 7.26. The molecular weight excluding hydrogens is 315 g/mol. The lowest BCUT2D eigenvalue weighted by molar-refractivity contribution is 0.258. The second kappa shape index (κ2) is 7.54. The molecule has 0 aromatic heterocycles. The summed E-state index contributed by atoms with van der Waals surface area (Å²) in [5, 5.41) is 0. The van der Waals surface area contributed by atoms with E-state index in [1.54, 1.807) is 6.92 Å². The van der Waals surface area contributed by atoms with Crippen LogP contribution in [0.4, 0.5) is 4.39 Å². The van der Waals surface area contributed by atoms with Crippen molar-refractivity contribution in [2.45, 2.75) is 31.1 Å². The molecule has 1 saturated heterocycles. The van der Waals surface area contributed by atoms with Gasteiger partial charge in [0.15, 0.2) is 0 Å². The Balaban J connectivity index is 0.00000220. The first-order valence-corrected chi connectivity index (χ1v) is 8.35. The quantitative estimate of drug-likeness (QED) is 0.917. The molecule has 1 heterocycles. The highest BCUT2D eigenvalue weighted by atomic mass is 35.5. The van der Waals surface area contributed by atoms with E-state index < -0.39 is 15.8 Å². The van der Waals surface area contributed by atoms with E-state index in [0.29, 0.717) is 31.1 Å². The van der Waals surface area contributed by atoms with Gasteiger partial charge in [0.25, 0.3) is 0 Å². The van der Waals surface area contributed by atoms with Crippen molar-refractivity contribution in [1.29, 1.82) is 0 Å². The van der Waals surface area contributed by atoms with Crippen LogP contribution in [0.1, 0.15) is 24.8 Å². The van der Waals surface area contributed by atoms with Crippen LogP contribution in [0.3, 0.4) is 0 Å². The third-order valence-electron chi connectivity index (χ3n) is 3.81. The minimum Gasteiger partial charge on any atom is -0.330 e. The summed E-state index contributed by atoms with van der Waals surface area (Å²) in [4.78, 5) is 0.201. The summed E-state index contributed by atoms with van der Waals surface area (Å²) in [7, 11) is -3.53. The van der Waals surface area contributed by atoms with Crippen molar-refractivity contribution in [3.63, 3.8) is 0 Å². The average molecular weight is 337 g/mol. The van der Waals surface area contributed by atoms with Gasteiger partial charge in [-0.3, -0.25) is 0 Å². The number of nitrogens with zero attached hydrogens (tertiary/aromatic N) is 1.